The van der Waals surface area contributed by atoms with Gasteiger partial charge in [0.25, 0.3) is 0 Å². The largest absolute Gasteiger partial charge is 0.393 e. The van der Waals surface area contributed by atoms with E-state index in [1.54, 1.807) is 0 Å². The molecule has 1 aliphatic rings. The Morgan fingerprint density at radius 3 is 1.16 bits per heavy atom. The van der Waals surface area contributed by atoms with Crippen molar-refractivity contribution in [3.05, 3.63) is 0 Å². The average Bonchev–Trinajstić information content (AvgIpc) is 3.08. The molecule has 0 aromatic rings. The summed E-state index contributed by atoms with van der Waals surface area (Å²) in [7, 11) is 0. The lowest BCUT2D eigenvalue weighted by molar-refractivity contribution is -0.153. The summed E-state index contributed by atoms with van der Waals surface area (Å²) >= 11 is 0. The fourth-order valence-electron chi connectivity index (χ4n) is 4.74. The van der Waals surface area contributed by atoms with Gasteiger partial charge >= 0.3 is 11.9 Å². The smallest absolute Gasteiger partial charge is 0.317 e. The van der Waals surface area contributed by atoms with Crippen LogP contribution >= 0.6 is 0 Å². The van der Waals surface area contributed by atoms with E-state index in [-0.39, 0.29) is 17.9 Å². The number of unbranched alkanes of at least 4 members (excludes halogenated alkanes) is 21. The standard InChI is InChI=1S/C28H52O3/c1-2-3-4-5-6-7-8-9-10-11-12-13-14-15-16-17-18-19-20-21-22-23-24-26-25-27(29)31-28(26)30/h26H,2-25H2,1H3. The number of cyclic esters (lactones) is 2. The third-order valence-corrected chi connectivity index (χ3v) is 6.87. The van der Waals surface area contributed by atoms with Crippen LogP contribution in [0.25, 0.3) is 0 Å². The zero-order chi connectivity index (χ0) is 22.4. The van der Waals surface area contributed by atoms with Crippen molar-refractivity contribution < 1.29 is 14.3 Å². The molecule has 0 amide bonds. The molecular weight excluding hydrogens is 384 g/mol. The Kier molecular flexibility index (Phi) is 19.1. The van der Waals surface area contributed by atoms with E-state index in [0.29, 0.717) is 6.42 Å². The minimum absolute atomic E-state index is 0.155. The van der Waals surface area contributed by atoms with Gasteiger partial charge < -0.3 is 4.74 Å². The molecule has 0 radical (unpaired) electrons. The van der Waals surface area contributed by atoms with Crippen molar-refractivity contribution in [3.63, 3.8) is 0 Å². The monoisotopic (exact) mass is 436 g/mol. The van der Waals surface area contributed by atoms with Crippen LogP contribution < -0.4 is 0 Å². The maximum absolute atomic E-state index is 11.4. The first-order chi connectivity index (χ1) is 15.2. The minimum atomic E-state index is -0.339. The highest BCUT2D eigenvalue weighted by Crippen LogP contribution is 2.22. The second kappa shape index (κ2) is 21.0. The van der Waals surface area contributed by atoms with Crippen LogP contribution in [-0.2, 0) is 14.3 Å². The Morgan fingerprint density at radius 1 is 0.548 bits per heavy atom. The van der Waals surface area contributed by atoms with Crippen molar-refractivity contribution in [1.29, 1.82) is 0 Å². The highest BCUT2D eigenvalue weighted by Gasteiger charge is 2.32. The topological polar surface area (TPSA) is 43.4 Å². The lowest BCUT2D eigenvalue weighted by Crippen LogP contribution is -2.06. The molecule has 3 heteroatoms. The molecule has 0 aromatic carbocycles. The maximum Gasteiger partial charge on any atom is 0.317 e. The predicted octanol–water partition coefficient (Wildman–Crippen LogP) is 9.07. The molecule has 1 atom stereocenters. The number of rotatable bonds is 23. The molecule has 1 fully saturated rings. The molecule has 0 N–H and O–H groups in total. The Hall–Kier alpha value is -0.860. The number of carbonyl (C=O) groups is 2. The summed E-state index contributed by atoms with van der Waals surface area (Å²) < 4.78 is 4.60. The molecule has 1 rings (SSSR count). The van der Waals surface area contributed by atoms with Gasteiger partial charge in [-0.2, -0.15) is 0 Å². The predicted molar refractivity (Wildman–Crippen MR) is 131 cm³/mol. The fourth-order valence-corrected chi connectivity index (χ4v) is 4.74. The van der Waals surface area contributed by atoms with E-state index in [0.717, 1.165) is 12.8 Å². The third-order valence-electron chi connectivity index (χ3n) is 6.87. The van der Waals surface area contributed by atoms with E-state index in [2.05, 4.69) is 11.7 Å². The minimum Gasteiger partial charge on any atom is -0.393 e. The Balaban J connectivity index is 1.67. The van der Waals surface area contributed by atoms with Crippen molar-refractivity contribution in [1.82, 2.24) is 0 Å². The van der Waals surface area contributed by atoms with Crippen LogP contribution in [0.2, 0.25) is 0 Å². The molecule has 1 heterocycles. The van der Waals surface area contributed by atoms with Crippen LogP contribution in [0, 0.1) is 5.92 Å². The van der Waals surface area contributed by atoms with Gasteiger partial charge in [-0.3, -0.25) is 9.59 Å². The summed E-state index contributed by atoms with van der Waals surface area (Å²) in [5, 5.41) is 0. The second-order valence-electron chi connectivity index (χ2n) is 9.91. The molecular formula is C28H52O3. The van der Waals surface area contributed by atoms with Crippen molar-refractivity contribution in [3.8, 4) is 0 Å². The zero-order valence-corrected chi connectivity index (χ0v) is 20.8. The van der Waals surface area contributed by atoms with Gasteiger partial charge in [0.05, 0.1) is 12.3 Å². The molecule has 182 valence electrons. The summed E-state index contributed by atoms with van der Waals surface area (Å²) in [4.78, 5) is 22.4. The van der Waals surface area contributed by atoms with E-state index >= 15 is 0 Å². The fraction of sp³-hybridized carbons (Fsp3) is 0.929. The summed E-state index contributed by atoms with van der Waals surface area (Å²) in [5.74, 6) is -0.792. The van der Waals surface area contributed by atoms with Gasteiger partial charge in [0.1, 0.15) is 0 Å². The molecule has 0 bridgehead atoms. The van der Waals surface area contributed by atoms with Gasteiger partial charge in [-0.05, 0) is 6.42 Å². The van der Waals surface area contributed by atoms with Crippen LogP contribution in [0.3, 0.4) is 0 Å². The first-order valence-electron chi connectivity index (χ1n) is 14.0. The zero-order valence-electron chi connectivity index (χ0n) is 20.8. The molecule has 3 nitrogen and oxygen atoms in total. The van der Waals surface area contributed by atoms with Gasteiger partial charge in [0, 0.05) is 0 Å². The van der Waals surface area contributed by atoms with Crippen molar-refractivity contribution in [2.24, 2.45) is 5.92 Å². The van der Waals surface area contributed by atoms with E-state index in [1.807, 2.05) is 0 Å². The number of hydrogen-bond donors (Lipinski definition) is 0. The van der Waals surface area contributed by atoms with E-state index in [9.17, 15) is 9.59 Å². The lowest BCUT2D eigenvalue weighted by Gasteiger charge is -2.05. The summed E-state index contributed by atoms with van der Waals surface area (Å²) in [6.45, 7) is 2.29. The van der Waals surface area contributed by atoms with Crippen LogP contribution in [-0.4, -0.2) is 11.9 Å². The molecule has 1 unspecified atom stereocenters. The SMILES string of the molecule is CCCCCCCCCCCCCCCCCCCCCCCCC1CC(=O)OC1=O. The number of hydrogen-bond acceptors (Lipinski definition) is 3. The lowest BCUT2D eigenvalue weighted by atomic mass is 9.98. The first kappa shape index (κ1) is 28.2. The van der Waals surface area contributed by atoms with Crippen molar-refractivity contribution in [2.75, 3.05) is 0 Å². The van der Waals surface area contributed by atoms with Crippen molar-refractivity contribution in [2.45, 2.75) is 161 Å². The van der Waals surface area contributed by atoms with Crippen molar-refractivity contribution >= 4 is 11.9 Å². The van der Waals surface area contributed by atoms with Crippen LogP contribution in [0.15, 0.2) is 0 Å². The Morgan fingerprint density at radius 2 is 0.871 bits per heavy atom. The van der Waals surface area contributed by atoms with Gasteiger partial charge in [-0.15, -0.1) is 0 Å². The van der Waals surface area contributed by atoms with E-state index in [4.69, 9.17) is 0 Å². The van der Waals surface area contributed by atoms with Crippen LogP contribution in [0.4, 0.5) is 0 Å². The Labute approximate surface area is 193 Å². The third kappa shape index (κ3) is 17.4. The van der Waals surface area contributed by atoms with E-state index < -0.39 is 0 Å². The van der Waals surface area contributed by atoms with Crippen LogP contribution in [0.1, 0.15) is 161 Å². The normalized spacial score (nSPS) is 16.2. The summed E-state index contributed by atoms with van der Waals surface area (Å²) in [6.07, 6.45) is 31.6. The molecule has 0 aliphatic carbocycles. The van der Waals surface area contributed by atoms with Gasteiger partial charge in [0.15, 0.2) is 0 Å². The molecule has 0 aromatic heterocycles. The summed E-state index contributed by atoms with van der Waals surface area (Å²) in [6, 6.07) is 0. The average molecular weight is 437 g/mol. The van der Waals surface area contributed by atoms with Gasteiger partial charge in [0.2, 0.25) is 0 Å². The highest BCUT2D eigenvalue weighted by atomic mass is 16.6. The van der Waals surface area contributed by atoms with Crippen LogP contribution in [0.5, 0.6) is 0 Å². The molecule has 0 saturated carbocycles. The molecule has 1 saturated heterocycles. The number of carbonyl (C=O) groups excluding carboxylic acids is 2. The Bertz CT molecular complexity index is 432. The number of ether oxygens (including phenoxy) is 1. The molecule has 0 spiro atoms. The van der Waals surface area contributed by atoms with Gasteiger partial charge in [-0.25, -0.2) is 0 Å². The van der Waals surface area contributed by atoms with E-state index in [1.165, 1.54) is 135 Å². The quantitative estimate of drug-likeness (QED) is 0.0911. The highest BCUT2D eigenvalue weighted by molar-refractivity contribution is 5.94. The maximum atomic E-state index is 11.4. The summed E-state index contributed by atoms with van der Waals surface area (Å²) in [5.41, 5.74) is 0. The van der Waals surface area contributed by atoms with Gasteiger partial charge in [-0.1, -0.05) is 148 Å². The second-order valence-corrected chi connectivity index (χ2v) is 9.91. The number of esters is 2. The first-order valence-corrected chi connectivity index (χ1v) is 14.0. The molecule has 31 heavy (non-hydrogen) atoms. The molecule has 1 aliphatic heterocycles.